The van der Waals surface area contributed by atoms with Crippen molar-refractivity contribution in [3.05, 3.63) is 28.8 Å². The molecule has 26 heavy (non-hydrogen) atoms. The Balaban J connectivity index is 1.46. The van der Waals surface area contributed by atoms with E-state index in [1.54, 1.807) is 18.2 Å². The monoisotopic (exact) mass is 395 g/mol. The first-order valence-electron chi connectivity index (χ1n) is 9.19. The lowest BCUT2D eigenvalue weighted by atomic mass is 10.0. The van der Waals surface area contributed by atoms with E-state index in [9.17, 15) is 9.59 Å². The smallest absolute Gasteiger partial charge is 0.233 e. The Kier molecular flexibility index (Phi) is 6.84. The maximum Gasteiger partial charge on any atom is 0.233 e. The number of carbonyl (C=O) groups is 2. The number of nitrogens with one attached hydrogen (secondary N) is 1. The van der Waals surface area contributed by atoms with Crippen LogP contribution in [0.4, 0.5) is 5.69 Å². The van der Waals surface area contributed by atoms with Crippen molar-refractivity contribution in [3.63, 3.8) is 0 Å². The van der Waals surface area contributed by atoms with E-state index in [-0.39, 0.29) is 18.2 Å². The largest absolute Gasteiger partial charge is 0.342 e. The summed E-state index contributed by atoms with van der Waals surface area (Å²) in [6.07, 6.45) is 1.90. The van der Waals surface area contributed by atoms with Gasteiger partial charge in [0.25, 0.3) is 0 Å². The molecular weight excluding hydrogens is 370 g/mol. The lowest BCUT2D eigenvalue weighted by Crippen LogP contribution is -2.49. The fraction of sp³-hybridized carbons (Fsp3) is 0.579. The van der Waals surface area contributed by atoms with Gasteiger partial charge < -0.3 is 10.2 Å². The Morgan fingerprint density at radius 1 is 1.19 bits per heavy atom. The normalized spacial score (nSPS) is 19.4. The highest BCUT2D eigenvalue weighted by Crippen LogP contribution is 2.24. The number of halogens is 1. The van der Waals surface area contributed by atoms with E-state index in [1.807, 2.05) is 23.6 Å². The Labute approximate surface area is 164 Å². The topological polar surface area (TPSA) is 52.7 Å². The maximum atomic E-state index is 12.5. The molecule has 2 aliphatic heterocycles. The third-order valence-corrected chi connectivity index (χ3v) is 6.58. The fourth-order valence-corrected chi connectivity index (χ4v) is 4.72. The van der Waals surface area contributed by atoms with Crippen LogP contribution in [0.15, 0.2) is 18.2 Å². The SMILES string of the molecule is Cc1c(Cl)cccc1NC(=O)CC(=O)N1CCC(N2CCSCC2)CC1. The average Bonchev–Trinajstić information content (AvgIpc) is 2.66. The number of hydrogen-bond acceptors (Lipinski definition) is 4. The number of carbonyl (C=O) groups excluding carboxylic acids is 2. The molecule has 0 aliphatic carbocycles. The molecule has 2 aliphatic rings. The standard InChI is InChI=1S/C19H26ClN3O2S/c1-14-16(20)3-2-4-17(14)21-18(24)13-19(25)23-7-5-15(6-8-23)22-9-11-26-12-10-22/h2-4,15H,5-13H2,1H3,(H,21,24). The summed E-state index contributed by atoms with van der Waals surface area (Å²) in [5.74, 6) is 2.05. The lowest BCUT2D eigenvalue weighted by molar-refractivity contribution is -0.135. The second kappa shape index (κ2) is 9.11. The molecule has 1 aromatic rings. The van der Waals surface area contributed by atoms with E-state index in [4.69, 9.17) is 11.6 Å². The highest BCUT2D eigenvalue weighted by Gasteiger charge is 2.28. The van der Waals surface area contributed by atoms with Crippen molar-refractivity contribution < 1.29 is 9.59 Å². The summed E-state index contributed by atoms with van der Waals surface area (Å²) in [4.78, 5) is 29.1. The molecule has 142 valence electrons. The zero-order valence-corrected chi connectivity index (χ0v) is 16.7. The summed E-state index contributed by atoms with van der Waals surface area (Å²) in [6, 6.07) is 5.95. The van der Waals surface area contributed by atoms with Crippen LogP contribution in [0.25, 0.3) is 0 Å². The molecule has 0 spiro atoms. The van der Waals surface area contributed by atoms with Gasteiger partial charge in [-0.2, -0.15) is 11.8 Å². The van der Waals surface area contributed by atoms with E-state index >= 15 is 0 Å². The van der Waals surface area contributed by atoms with Crippen molar-refractivity contribution in [2.45, 2.75) is 32.2 Å². The Morgan fingerprint density at radius 2 is 1.88 bits per heavy atom. The summed E-state index contributed by atoms with van der Waals surface area (Å²) in [5.41, 5.74) is 1.48. The van der Waals surface area contributed by atoms with Crippen LogP contribution in [0.2, 0.25) is 5.02 Å². The van der Waals surface area contributed by atoms with E-state index in [0.29, 0.717) is 16.8 Å². The van der Waals surface area contributed by atoms with Gasteiger partial charge in [0.15, 0.2) is 0 Å². The van der Waals surface area contributed by atoms with Crippen LogP contribution in [-0.2, 0) is 9.59 Å². The highest BCUT2D eigenvalue weighted by molar-refractivity contribution is 7.99. The summed E-state index contributed by atoms with van der Waals surface area (Å²) in [6.45, 7) is 5.66. The van der Waals surface area contributed by atoms with Crippen LogP contribution in [0.1, 0.15) is 24.8 Å². The number of anilines is 1. The van der Waals surface area contributed by atoms with Crippen molar-refractivity contribution >= 4 is 40.9 Å². The number of rotatable bonds is 4. The summed E-state index contributed by atoms with van der Waals surface area (Å²) in [5, 5.41) is 3.40. The first kappa shape index (κ1) is 19.5. The van der Waals surface area contributed by atoms with Crippen LogP contribution in [-0.4, -0.2) is 65.3 Å². The maximum absolute atomic E-state index is 12.5. The van der Waals surface area contributed by atoms with Gasteiger partial charge in [0, 0.05) is 54.4 Å². The quantitative estimate of drug-likeness (QED) is 0.796. The Bertz CT molecular complexity index is 656. The Hall–Kier alpha value is -1.24. The van der Waals surface area contributed by atoms with Crippen molar-refractivity contribution in [3.8, 4) is 0 Å². The molecular formula is C19H26ClN3O2S. The number of nitrogens with zero attached hydrogens (tertiary/aromatic N) is 2. The molecule has 2 saturated heterocycles. The average molecular weight is 396 g/mol. The molecule has 2 fully saturated rings. The van der Waals surface area contributed by atoms with Gasteiger partial charge in [-0.25, -0.2) is 0 Å². The van der Waals surface area contributed by atoms with Crippen LogP contribution in [0.5, 0.6) is 0 Å². The van der Waals surface area contributed by atoms with Gasteiger partial charge in [-0.15, -0.1) is 0 Å². The molecule has 0 bridgehead atoms. The van der Waals surface area contributed by atoms with Gasteiger partial charge in [-0.1, -0.05) is 17.7 Å². The van der Waals surface area contributed by atoms with Crippen molar-refractivity contribution in [2.24, 2.45) is 0 Å². The third-order valence-electron chi connectivity index (χ3n) is 5.23. The number of likely N-dealkylation sites (tertiary alicyclic amines) is 1. The molecule has 7 heteroatoms. The summed E-state index contributed by atoms with van der Waals surface area (Å²) in [7, 11) is 0. The first-order chi connectivity index (χ1) is 12.5. The molecule has 0 unspecified atom stereocenters. The van der Waals surface area contributed by atoms with E-state index in [1.165, 1.54) is 11.5 Å². The second-order valence-electron chi connectivity index (χ2n) is 6.90. The highest BCUT2D eigenvalue weighted by atomic mass is 35.5. The molecule has 2 amide bonds. The van der Waals surface area contributed by atoms with Crippen LogP contribution in [0, 0.1) is 6.92 Å². The molecule has 0 radical (unpaired) electrons. The minimum atomic E-state index is -0.282. The van der Waals surface area contributed by atoms with Crippen LogP contribution >= 0.6 is 23.4 Å². The molecule has 2 heterocycles. The van der Waals surface area contributed by atoms with Crippen molar-refractivity contribution in [1.82, 2.24) is 9.80 Å². The fourth-order valence-electron chi connectivity index (χ4n) is 3.61. The number of amides is 2. The number of hydrogen-bond donors (Lipinski definition) is 1. The van der Waals surface area contributed by atoms with Gasteiger partial charge in [0.05, 0.1) is 0 Å². The van der Waals surface area contributed by atoms with Gasteiger partial charge in [0.2, 0.25) is 11.8 Å². The van der Waals surface area contributed by atoms with Crippen molar-refractivity contribution in [1.29, 1.82) is 0 Å². The molecule has 3 rings (SSSR count). The first-order valence-corrected chi connectivity index (χ1v) is 10.7. The third kappa shape index (κ3) is 4.93. The second-order valence-corrected chi connectivity index (χ2v) is 8.53. The van der Waals surface area contributed by atoms with Gasteiger partial charge >= 0.3 is 0 Å². The minimum absolute atomic E-state index is 0.0881. The zero-order valence-electron chi connectivity index (χ0n) is 15.2. The predicted molar refractivity (Wildman–Crippen MR) is 108 cm³/mol. The van der Waals surface area contributed by atoms with E-state index < -0.39 is 0 Å². The predicted octanol–water partition coefficient (Wildman–Crippen LogP) is 3.02. The zero-order chi connectivity index (χ0) is 18.5. The summed E-state index contributed by atoms with van der Waals surface area (Å²) < 4.78 is 0. The number of piperidine rings is 1. The van der Waals surface area contributed by atoms with Gasteiger partial charge in [0.1, 0.15) is 6.42 Å². The van der Waals surface area contributed by atoms with Gasteiger partial charge in [-0.05, 0) is 37.5 Å². The molecule has 0 saturated carbocycles. The Morgan fingerprint density at radius 3 is 2.58 bits per heavy atom. The van der Waals surface area contributed by atoms with Gasteiger partial charge in [-0.3, -0.25) is 14.5 Å². The molecule has 0 atom stereocenters. The lowest BCUT2D eigenvalue weighted by Gasteiger charge is -2.40. The molecule has 5 nitrogen and oxygen atoms in total. The van der Waals surface area contributed by atoms with Crippen LogP contribution in [0.3, 0.4) is 0 Å². The minimum Gasteiger partial charge on any atom is -0.342 e. The summed E-state index contributed by atoms with van der Waals surface area (Å²) >= 11 is 8.09. The van der Waals surface area contributed by atoms with Crippen LogP contribution < -0.4 is 5.32 Å². The number of benzene rings is 1. The van der Waals surface area contributed by atoms with Crippen molar-refractivity contribution in [2.75, 3.05) is 43.0 Å². The van der Waals surface area contributed by atoms with E-state index in [0.717, 1.165) is 44.6 Å². The molecule has 1 aromatic carbocycles. The van der Waals surface area contributed by atoms with E-state index in [2.05, 4.69) is 10.2 Å². The molecule has 0 aromatic heterocycles. The molecule has 1 N–H and O–H groups in total. The number of thioether (sulfide) groups is 1.